The van der Waals surface area contributed by atoms with Gasteiger partial charge in [0.15, 0.2) is 11.5 Å². The van der Waals surface area contributed by atoms with Gasteiger partial charge in [-0.25, -0.2) is 9.67 Å². The van der Waals surface area contributed by atoms with Crippen molar-refractivity contribution in [3.8, 4) is 0 Å². The Hall–Kier alpha value is -1.48. The number of pyridine rings is 1. The summed E-state index contributed by atoms with van der Waals surface area (Å²) in [5.41, 5.74) is 1.64. The maximum atomic E-state index is 9.48. The molecule has 7 nitrogen and oxygen atoms in total. The van der Waals surface area contributed by atoms with Crippen molar-refractivity contribution in [2.24, 2.45) is 0 Å². The average molecular weight is 378 g/mol. The van der Waals surface area contributed by atoms with Gasteiger partial charge in [0.2, 0.25) is 0 Å². The SMILES string of the molecule is CN1CCN(c2nn(COCC[Si](C)(C)C)c3ncc(CO)cc23)CC1. The van der Waals surface area contributed by atoms with E-state index in [-0.39, 0.29) is 6.61 Å². The summed E-state index contributed by atoms with van der Waals surface area (Å²) < 4.78 is 7.75. The molecular formula is C18H31N5O2Si. The number of aliphatic hydroxyl groups excluding tert-OH is 1. The lowest BCUT2D eigenvalue weighted by Gasteiger charge is -2.32. The van der Waals surface area contributed by atoms with Gasteiger partial charge in [0, 0.05) is 47.1 Å². The third kappa shape index (κ3) is 4.62. The van der Waals surface area contributed by atoms with E-state index in [1.807, 2.05) is 10.7 Å². The van der Waals surface area contributed by atoms with Gasteiger partial charge in [-0.3, -0.25) is 0 Å². The van der Waals surface area contributed by atoms with Crippen molar-refractivity contribution in [1.29, 1.82) is 0 Å². The van der Waals surface area contributed by atoms with Crippen LogP contribution in [0.3, 0.4) is 0 Å². The number of nitrogens with zero attached hydrogens (tertiary/aromatic N) is 5. The lowest BCUT2D eigenvalue weighted by Crippen LogP contribution is -2.44. The zero-order valence-electron chi connectivity index (χ0n) is 16.4. The number of aromatic nitrogens is 3. The molecule has 2 aromatic heterocycles. The van der Waals surface area contributed by atoms with Crippen LogP contribution in [0.4, 0.5) is 5.82 Å². The van der Waals surface area contributed by atoms with Crippen molar-refractivity contribution in [3.05, 3.63) is 17.8 Å². The highest BCUT2D eigenvalue weighted by Crippen LogP contribution is 2.27. The molecule has 2 aromatic rings. The van der Waals surface area contributed by atoms with Gasteiger partial charge in [-0.2, -0.15) is 5.10 Å². The first-order chi connectivity index (χ1) is 12.4. The molecule has 3 heterocycles. The van der Waals surface area contributed by atoms with Gasteiger partial charge in [-0.05, 0) is 24.7 Å². The molecule has 144 valence electrons. The first-order valence-electron chi connectivity index (χ1n) is 9.35. The summed E-state index contributed by atoms with van der Waals surface area (Å²) in [6, 6.07) is 3.14. The van der Waals surface area contributed by atoms with Crippen LogP contribution in [0.5, 0.6) is 0 Å². The van der Waals surface area contributed by atoms with Crippen molar-refractivity contribution in [2.45, 2.75) is 39.0 Å². The van der Waals surface area contributed by atoms with Gasteiger partial charge in [0.1, 0.15) is 6.73 Å². The predicted octanol–water partition coefficient (Wildman–Crippen LogP) is 1.99. The number of aliphatic hydroxyl groups is 1. The molecule has 0 amide bonds. The average Bonchev–Trinajstić information content (AvgIpc) is 2.96. The second-order valence-corrected chi connectivity index (χ2v) is 14.0. The van der Waals surface area contributed by atoms with Crippen LogP contribution in [-0.4, -0.2) is 72.7 Å². The third-order valence-electron chi connectivity index (χ3n) is 4.82. The highest BCUT2D eigenvalue weighted by Gasteiger charge is 2.21. The van der Waals surface area contributed by atoms with Gasteiger partial charge in [-0.15, -0.1) is 0 Å². The van der Waals surface area contributed by atoms with Crippen LogP contribution in [-0.2, 0) is 18.1 Å². The van der Waals surface area contributed by atoms with Gasteiger partial charge < -0.3 is 19.6 Å². The molecule has 8 heteroatoms. The first kappa shape index (κ1) is 19.3. The van der Waals surface area contributed by atoms with Crippen molar-refractivity contribution < 1.29 is 9.84 Å². The number of ether oxygens (including phenoxy) is 1. The van der Waals surface area contributed by atoms with Crippen LogP contribution >= 0.6 is 0 Å². The lowest BCUT2D eigenvalue weighted by atomic mass is 10.2. The Bertz CT molecular complexity index is 735. The minimum Gasteiger partial charge on any atom is -0.392 e. The summed E-state index contributed by atoms with van der Waals surface area (Å²) in [5, 5.41) is 15.3. The Morgan fingerprint density at radius 3 is 2.58 bits per heavy atom. The second kappa shape index (κ2) is 8.04. The molecule has 0 aliphatic carbocycles. The number of hydrogen-bond donors (Lipinski definition) is 1. The fourth-order valence-electron chi connectivity index (χ4n) is 3.04. The normalized spacial score (nSPS) is 16.6. The first-order valence-corrected chi connectivity index (χ1v) is 13.1. The zero-order chi connectivity index (χ0) is 18.7. The molecule has 1 fully saturated rings. The quantitative estimate of drug-likeness (QED) is 0.588. The van der Waals surface area contributed by atoms with Crippen LogP contribution in [0, 0.1) is 0 Å². The van der Waals surface area contributed by atoms with E-state index in [1.165, 1.54) is 0 Å². The molecule has 3 rings (SSSR count). The molecule has 1 saturated heterocycles. The molecular weight excluding hydrogens is 346 g/mol. The molecule has 0 aromatic carbocycles. The summed E-state index contributed by atoms with van der Waals surface area (Å²) in [5.74, 6) is 0.949. The smallest absolute Gasteiger partial charge is 0.162 e. The van der Waals surface area contributed by atoms with Crippen molar-refractivity contribution >= 4 is 24.9 Å². The Kier molecular flexibility index (Phi) is 5.96. The van der Waals surface area contributed by atoms with E-state index in [0.717, 1.165) is 61.2 Å². The van der Waals surface area contributed by atoms with Gasteiger partial charge in [0.05, 0.1) is 12.0 Å². The fraction of sp³-hybridized carbons (Fsp3) is 0.667. The minimum atomic E-state index is -1.10. The standard InChI is InChI=1S/C18H31N5O2Si/c1-21-5-7-22(8-6-21)18-16-11-15(13-24)12-19-17(16)23(20-18)14-25-9-10-26(2,3)4/h11-12,24H,5-10,13-14H2,1-4H3. The predicted molar refractivity (Wildman–Crippen MR) is 107 cm³/mol. The molecule has 1 N–H and O–H groups in total. The Morgan fingerprint density at radius 1 is 1.19 bits per heavy atom. The van der Waals surface area contributed by atoms with E-state index < -0.39 is 8.07 Å². The van der Waals surface area contributed by atoms with Gasteiger partial charge in [-0.1, -0.05) is 19.6 Å². The Balaban J connectivity index is 1.82. The van der Waals surface area contributed by atoms with E-state index in [1.54, 1.807) is 6.20 Å². The third-order valence-corrected chi connectivity index (χ3v) is 6.52. The highest BCUT2D eigenvalue weighted by molar-refractivity contribution is 6.76. The maximum Gasteiger partial charge on any atom is 0.162 e. The summed E-state index contributed by atoms with van der Waals surface area (Å²) >= 11 is 0. The topological polar surface area (TPSA) is 66.7 Å². The summed E-state index contributed by atoms with van der Waals surface area (Å²) in [4.78, 5) is 9.18. The van der Waals surface area contributed by atoms with Crippen LogP contribution in [0.25, 0.3) is 11.0 Å². The fourth-order valence-corrected chi connectivity index (χ4v) is 3.80. The monoisotopic (exact) mass is 377 g/mol. The molecule has 0 atom stereocenters. The molecule has 0 saturated carbocycles. The van der Waals surface area contributed by atoms with E-state index in [2.05, 4.69) is 41.5 Å². The number of piperazine rings is 1. The number of anilines is 1. The molecule has 0 spiro atoms. The Morgan fingerprint density at radius 2 is 1.92 bits per heavy atom. The van der Waals surface area contributed by atoms with Crippen LogP contribution in [0.2, 0.25) is 25.7 Å². The number of fused-ring (bicyclic) bond motifs is 1. The van der Waals surface area contributed by atoms with E-state index in [0.29, 0.717) is 6.73 Å². The van der Waals surface area contributed by atoms with Gasteiger partial charge in [0.25, 0.3) is 0 Å². The highest BCUT2D eigenvalue weighted by atomic mass is 28.3. The van der Waals surface area contributed by atoms with Gasteiger partial charge >= 0.3 is 0 Å². The lowest BCUT2D eigenvalue weighted by molar-refractivity contribution is 0.0813. The van der Waals surface area contributed by atoms with Crippen molar-refractivity contribution in [3.63, 3.8) is 0 Å². The van der Waals surface area contributed by atoms with Crippen LogP contribution < -0.4 is 4.90 Å². The van der Waals surface area contributed by atoms with Crippen LogP contribution in [0.15, 0.2) is 12.3 Å². The largest absolute Gasteiger partial charge is 0.392 e. The van der Waals surface area contributed by atoms with E-state index in [4.69, 9.17) is 9.84 Å². The number of hydrogen-bond acceptors (Lipinski definition) is 6. The molecule has 1 aliphatic heterocycles. The van der Waals surface area contributed by atoms with E-state index in [9.17, 15) is 5.11 Å². The summed E-state index contributed by atoms with van der Waals surface area (Å²) in [7, 11) is 1.04. The molecule has 1 aliphatic rings. The van der Waals surface area contributed by atoms with Crippen LogP contribution in [0.1, 0.15) is 5.56 Å². The Labute approximate surface area is 156 Å². The maximum absolute atomic E-state index is 9.48. The molecule has 26 heavy (non-hydrogen) atoms. The summed E-state index contributed by atoms with van der Waals surface area (Å²) in [6.45, 7) is 12.2. The minimum absolute atomic E-state index is 0.0109. The zero-order valence-corrected chi connectivity index (χ0v) is 17.4. The molecule has 0 bridgehead atoms. The number of likely N-dealkylation sites (N-methyl/N-ethyl adjacent to an activating group) is 1. The van der Waals surface area contributed by atoms with Crippen molar-refractivity contribution in [1.82, 2.24) is 19.7 Å². The van der Waals surface area contributed by atoms with Crippen molar-refractivity contribution in [2.75, 3.05) is 44.7 Å². The van der Waals surface area contributed by atoms with E-state index >= 15 is 0 Å². The second-order valence-electron chi connectivity index (χ2n) is 8.33. The number of rotatable bonds is 7. The molecule has 0 radical (unpaired) electrons. The molecule has 0 unspecified atom stereocenters. The summed E-state index contributed by atoms with van der Waals surface area (Å²) in [6.07, 6.45) is 1.72.